The minimum atomic E-state index is -0.169. The van der Waals surface area contributed by atoms with Crippen molar-refractivity contribution >= 4 is 5.96 Å². The monoisotopic (exact) mass is 340 g/mol. The number of pyridine rings is 1. The molecule has 1 heterocycles. The molecule has 2 N–H and O–H groups in total. The first-order chi connectivity index (χ1) is 12.1. The van der Waals surface area contributed by atoms with Crippen molar-refractivity contribution in [3.63, 3.8) is 0 Å². The highest BCUT2D eigenvalue weighted by Gasteiger charge is 2.44. The van der Waals surface area contributed by atoms with Crippen LogP contribution in [0.15, 0.2) is 47.6 Å². The van der Waals surface area contributed by atoms with E-state index >= 15 is 0 Å². The fourth-order valence-corrected chi connectivity index (χ4v) is 2.98. The number of aliphatic imine (C=N–C) groups is 1. The maximum Gasteiger partial charge on any atom is 0.191 e. The van der Waals surface area contributed by atoms with Crippen molar-refractivity contribution in [2.24, 2.45) is 4.99 Å². The molecule has 1 aliphatic rings. The van der Waals surface area contributed by atoms with Gasteiger partial charge in [0.25, 0.3) is 0 Å². The van der Waals surface area contributed by atoms with Gasteiger partial charge in [-0.2, -0.15) is 0 Å². The first-order valence-corrected chi connectivity index (χ1v) is 8.73. The van der Waals surface area contributed by atoms with Gasteiger partial charge in [0.1, 0.15) is 5.82 Å². The van der Waals surface area contributed by atoms with Crippen LogP contribution in [0.5, 0.6) is 0 Å². The Balaban J connectivity index is 1.49. The molecule has 1 fully saturated rings. The van der Waals surface area contributed by atoms with Crippen molar-refractivity contribution in [3.8, 4) is 0 Å². The lowest BCUT2D eigenvalue weighted by Crippen LogP contribution is -2.42. The summed E-state index contributed by atoms with van der Waals surface area (Å²) < 4.78 is 13.5. The van der Waals surface area contributed by atoms with Gasteiger partial charge in [0, 0.05) is 37.4 Å². The van der Waals surface area contributed by atoms with Crippen molar-refractivity contribution < 1.29 is 4.39 Å². The molecule has 132 valence electrons. The number of aryl methyl sites for hydroxylation is 1. The second kappa shape index (κ2) is 7.64. The quantitative estimate of drug-likeness (QED) is 0.628. The Bertz CT molecular complexity index is 736. The number of rotatable bonds is 6. The Morgan fingerprint density at radius 3 is 2.72 bits per heavy atom. The summed E-state index contributed by atoms with van der Waals surface area (Å²) in [5.41, 5.74) is 3.34. The van der Waals surface area contributed by atoms with E-state index in [1.54, 1.807) is 19.2 Å². The molecule has 0 atom stereocenters. The lowest BCUT2D eigenvalue weighted by molar-refractivity contribution is 0.607. The summed E-state index contributed by atoms with van der Waals surface area (Å²) in [6, 6.07) is 11.1. The molecule has 1 aromatic heterocycles. The zero-order valence-corrected chi connectivity index (χ0v) is 14.8. The van der Waals surface area contributed by atoms with Gasteiger partial charge < -0.3 is 10.6 Å². The number of halogens is 1. The molecule has 4 nitrogen and oxygen atoms in total. The minimum Gasteiger partial charge on any atom is -0.356 e. The van der Waals surface area contributed by atoms with Gasteiger partial charge >= 0.3 is 0 Å². The van der Waals surface area contributed by atoms with Crippen molar-refractivity contribution in [2.45, 2.75) is 31.6 Å². The summed E-state index contributed by atoms with van der Waals surface area (Å²) in [5, 5.41) is 6.72. The molecule has 1 aromatic carbocycles. The Hall–Kier alpha value is -2.43. The lowest BCUT2D eigenvalue weighted by atomic mass is 9.96. The number of hydrogen-bond donors (Lipinski definition) is 2. The smallest absolute Gasteiger partial charge is 0.191 e. The van der Waals surface area contributed by atoms with Gasteiger partial charge in [-0.15, -0.1) is 0 Å². The molecule has 0 radical (unpaired) electrons. The fraction of sp³-hybridized carbons (Fsp3) is 0.400. The van der Waals surface area contributed by atoms with E-state index in [0.29, 0.717) is 0 Å². The van der Waals surface area contributed by atoms with E-state index in [1.807, 2.05) is 25.3 Å². The predicted octanol–water partition coefficient (Wildman–Crippen LogP) is 2.97. The van der Waals surface area contributed by atoms with Crippen molar-refractivity contribution in [3.05, 3.63) is 65.2 Å². The van der Waals surface area contributed by atoms with Crippen LogP contribution in [0.25, 0.3) is 0 Å². The van der Waals surface area contributed by atoms with Crippen LogP contribution in [0, 0.1) is 12.7 Å². The maximum absolute atomic E-state index is 13.5. The number of nitrogens with one attached hydrogen (secondary N) is 2. The molecular formula is C20H25FN4. The van der Waals surface area contributed by atoms with Crippen LogP contribution in [-0.4, -0.2) is 31.1 Å². The van der Waals surface area contributed by atoms with Crippen LogP contribution in [0.2, 0.25) is 0 Å². The van der Waals surface area contributed by atoms with Gasteiger partial charge in [-0.3, -0.25) is 9.98 Å². The first-order valence-electron chi connectivity index (χ1n) is 8.73. The van der Waals surface area contributed by atoms with Crippen molar-refractivity contribution in [2.75, 3.05) is 20.1 Å². The number of hydrogen-bond acceptors (Lipinski definition) is 2. The molecular weight excluding hydrogens is 315 g/mol. The van der Waals surface area contributed by atoms with Gasteiger partial charge in [-0.05, 0) is 55.5 Å². The highest BCUT2D eigenvalue weighted by Crippen LogP contribution is 2.47. The average Bonchev–Trinajstić information content (AvgIpc) is 3.41. The van der Waals surface area contributed by atoms with E-state index in [1.165, 1.54) is 11.6 Å². The Morgan fingerprint density at radius 2 is 2.08 bits per heavy atom. The highest BCUT2D eigenvalue weighted by molar-refractivity contribution is 5.79. The SMILES string of the molecule is CN=C(NCCc1ccc(C)nc1)NCC1(c2cccc(F)c2)CC1. The van der Waals surface area contributed by atoms with Gasteiger partial charge in [-0.25, -0.2) is 4.39 Å². The molecule has 1 aliphatic carbocycles. The largest absolute Gasteiger partial charge is 0.356 e. The molecule has 0 saturated heterocycles. The summed E-state index contributed by atoms with van der Waals surface area (Å²) in [5.74, 6) is 0.612. The molecule has 25 heavy (non-hydrogen) atoms. The highest BCUT2D eigenvalue weighted by atomic mass is 19.1. The van der Waals surface area contributed by atoms with E-state index in [9.17, 15) is 4.39 Å². The lowest BCUT2D eigenvalue weighted by Gasteiger charge is -2.19. The van der Waals surface area contributed by atoms with Crippen LogP contribution in [0.3, 0.4) is 0 Å². The third-order valence-corrected chi connectivity index (χ3v) is 4.79. The van der Waals surface area contributed by atoms with E-state index in [4.69, 9.17) is 0 Å². The molecule has 0 unspecified atom stereocenters. The van der Waals surface area contributed by atoms with Gasteiger partial charge in [-0.1, -0.05) is 18.2 Å². The third-order valence-electron chi connectivity index (χ3n) is 4.79. The molecule has 3 rings (SSSR count). The van der Waals surface area contributed by atoms with Crippen molar-refractivity contribution in [1.82, 2.24) is 15.6 Å². The van der Waals surface area contributed by atoms with E-state index < -0.39 is 0 Å². The standard InChI is InChI=1S/C20H25FN4/c1-15-6-7-16(13-24-15)8-11-23-19(22-2)25-14-20(9-10-20)17-4-3-5-18(21)12-17/h3-7,12-13H,8-11,14H2,1-2H3,(H2,22,23,25). The number of guanidine groups is 1. The van der Waals surface area contributed by atoms with Gasteiger partial charge in [0.05, 0.1) is 0 Å². The third kappa shape index (κ3) is 4.56. The van der Waals surface area contributed by atoms with Crippen LogP contribution in [-0.2, 0) is 11.8 Å². The van der Waals surface area contributed by atoms with E-state index in [2.05, 4.69) is 26.7 Å². The molecule has 0 spiro atoms. The van der Waals surface area contributed by atoms with Crippen LogP contribution >= 0.6 is 0 Å². The molecule has 0 amide bonds. The molecule has 5 heteroatoms. The first kappa shape index (κ1) is 17.4. The van der Waals surface area contributed by atoms with E-state index in [0.717, 1.165) is 49.6 Å². The van der Waals surface area contributed by atoms with Crippen molar-refractivity contribution in [1.29, 1.82) is 0 Å². The summed E-state index contributed by atoms with van der Waals surface area (Å²) >= 11 is 0. The molecule has 0 aliphatic heterocycles. The second-order valence-electron chi connectivity index (χ2n) is 6.70. The molecule has 0 bridgehead atoms. The zero-order valence-electron chi connectivity index (χ0n) is 14.8. The normalized spacial score (nSPS) is 15.7. The van der Waals surface area contributed by atoms with Crippen LogP contribution in [0.1, 0.15) is 29.7 Å². The number of benzene rings is 1. The zero-order chi connectivity index (χ0) is 17.7. The second-order valence-corrected chi connectivity index (χ2v) is 6.70. The van der Waals surface area contributed by atoms with Gasteiger partial charge in [0.15, 0.2) is 5.96 Å². The van der Waals surface area contributed by atoms with Crippen LogP contribution < -0.4 is 10.6 Å². The number of nitrogens with zero attached hydrogens (tertiary/aromatic N) is 2. The predicted molar refractivity (Wildman–Crippen MR) is 99.4 cm³/mol. The Morgan fingerprint density at radius 1 is 1.24 bits per heavy atom. The fourth-order valence-electron chi connectivity index (χ4n) is 2.98. The molecule has 2 aromatic rings. The maximum atomic E-state index is 13.5. The summed E-state index contributed by atoms with van der Waals surface area (Å²) in [6.07, 6.45) is 4.96. The Kier molecular flexibility index (Phi) is 5.31. The Labute approximate surface area is 148 Å². The summed E-state index contributed by atoms with van der Waals surface area (Å²) in [6.45, 7) is 3.54. The summed E-state index contributed by atoms with van der Waals surface area (Å²) in [7, 11) is 1.77. The minimum absolute atomic E-state index is 0.0423. The van der Waals surface area contributed by atoms with Crippen LogP contribution in [0.4, 0.5) is 4.39 Å². The van der Waals surface area contributed by atoms with E-state index in [-0.39, 0.29) is 11.2 Å². The van der Waals surface area contributed by atoms with Gasteiger partial charge in [0.2, 0.25) is 0 Å². The average molecular weight is 340 g/mol. The summed E-state index contributed by atoms with van der Waals surface area (Å²) in [4.78, 5) is 8.59. The topological polar surface area (TPSA) is 49.3 Å². The number of aromatic nitrogens is 1. The molecule has 1 saturated carbocycles.